The van der Waals surface area contributed by atoms with Crippen LogP contribution in [-0.4, -0.2) is 14.5 Å². The quantitative estimate of drug-likeness (QED) is 0.378. The highest BCUT2D eigenvalue weighted by Crippen LogP contribution is 2.33. The number of pyridine rings is 2. The smallest absolute Gasteiger partial charge is 0.137 e. The normalized spacial score (nSPS) is 11.6. The van der Waals surface area contributed by atoms with E-state index in [0.29, 0.717) is 0 Å². The van der Waals surface area contributed by atoms with Gasteiger partial charge in [0.15, 0.2) is 0 Å². The van der Waals surface area contributed by atoms with Crippen LogP contribution in [0.1, 0.15) is 5.56 Å². The van der Waals surface area contributed by atoms with Gasteiger partial charge in [0.2, 0.25) is 0 Å². The second-order valence-corrected chi connectivity index (χ2v) is 7.27. The van der Waals surface area contributed by atoms with E-state index < -0.39 is 0 Å². The molecule has 0 amide bonds. The lowest BCUT2D eigenvalue weighted by molar-refractivity contribution is 0.632. The first-order valence-electron chi connectivity index (χ1n) is 9.60. The van der Waals surface area contributed by atoms with Crippen molar-refractivity contribution in [1.29, 1.82) is 0 Å². The molecule has 138 valence electrons. The summed E-state index contributed by atoms with van der Waals surface area (Å²) in [6.45, 7) is 0.797. The fourth-order valence-electron chi connectivity index (χ4n) is 3.99. The van der Waals surface area contributed by atoms with Gasteiger partial charge in [-0.2, -0.15) is 0 Å². The molecule has 6 aromatic rings. The average Bonchev–Trinajstić information content (AvgIpc) is 3.38. The van der Waals surface area contributed by atoms with E-state index in [1.54, 1.807) is 0 Å². The fraction of sp³-hybridized carbons (Fsp3) is 0.0400. The predicted octanol–water partition coefficient (Wildman–Crippen LogP) is 6.05. The van der Waals surface area contributed by atoms with Gasteiger partial charge in [-0.25, -0.2) is 0 Å². The van der Waals surface area contributed by atoms with Crippen molar-refractivity contribution in [3.63, 3.8) is 0 Å². The molecular formula is C25H17N3O. The first kappa shape index (κ1) is 16.1. The lowest BCUT2D eigenvalue weighted by atomic mass is 10.0. The third kappa shape index (κ3) is 2.69. The number of fused-ring (bicyclic) bond motifs is 3. The minimum atomic E-state index is 0.797. The summed E-state index contributed by atoms with van der Waals surface area (Å²) in [6, 6.07) is 20.9. The van der Waals surface area contributed by atoms with E-state index in [1.807, 2.05) is 43.0 Å². The number of aromatic nitrogens is 3. The molecule has 4 heterocycles. The SMILES string of the molecule is c1ccc2oc(-c3cncc4ccc(Cn5ccc6cnccc65)cc34)cc2c1. The molecule has 4 nitrogen and oxygen atoms in total. The van der Waals surface area contributed by atoms with E-state index in [4.69, 9.17) is 4.42 Å². The summed E-state index contributed by atoms with van der Waals surface area (Å²) in [4.78, 5) is 8.64. The second kappa shape index (κ2) is 6.31. The van der Waals surface area contributed by atoms with Crippen LogP contribution < -0.4 is 0 Å². The van der Waals surface area contributed by atoms with Gasteiger partial charge in [-0.3, -0.25) is 9.97 Å². The van der Waals surface area contributed by atoms with E-state index in [9.17, 15) is 0 Å². The molecule has 4 aromatic heterocycles. The molecule has 0 aliphatic heterocycles. The number of hydrogen-bond donors (Lipinski definition) is 0. The summed E-state index contributed by atoms with van der Waals surface area (Å²) in [5.74, 6) is 0.846. The Morgan fingerprint density at radius 1 is 0.793 bits per heavy atom. The van der Waals surface area contributed by atoms with E-state index in [1.165, 1.54) is 11.1 Å². The summed E-state index contributed by atoms with van der Waals surface area (Å²) in [6.07, 6.45) is 9.65. The maximum atomic E-state index is 6.11. The van der Waals surface area contributed by atoms with Crippen LogP contribution in [0.25, 0.3) is 44.0 Å². The summed E-state index contributed by atoms with van der Waals surface area (Å²) in [5.41, 5.74) is 4.33. The Morgan fingerprint density at radius 3 is 2.69 bits per heavy atom. The van der Waals surface area contributed by atoms with Crippen LogP contribution in [0.2, 0.25) is 0 Å². The van der Waals surface area contributed by atoms with Crippen molar-refractivity contribution in [3.05, 3.63) is 97.2 Å². The third-order valence-electron chi connectivity index (χ3n) is 5.44. The van der Waals surface area contributed by atoms with Crippen molar-refractivity contribution >= 4 is 32.6 Å². The molecule has 29 heavy (non-hydrogen) atoms. The standard InChI is InChI=1S/C25H17N3O/c1-2-4-24-18(3-1)12-25(29-24)22-15-27-13-19-6-5-17(11-21(19)22)16-28-10-8-20-14-26-9-7-23(20)28/h1-15H,16H2. The van der Waals surface area contributed by atoms with E-state index in [0.717, 1.165) is 45.0 Å². The highest BCUT2D eigenvalue weighted by Gasteiger charge is 2.11. The Balaban J connectivity index is 1.47. The van der Waals surface area contributed by atoms with E-state index in [-0.39, 0.29) is 0 Å². The van der Waals surface area contributed by atoms with Crippen LogP contribution in [0, 0.1) is 0 Å². The number of benzene rings is 2. The van der Waals surface area contributed by atoms with Crippen molar-refractivity contribution in [2.75, 3.05) is 0 Å². The molecule has 0 N–H and O–H groups in total. The van der Waals surface area contributed by atoms with E-state index in [2.05, 4.69) is 63.2 Å². The van der Waals surface area contributed by atoms with Crippen molar-refractivity contribution < 1.29 is 4.42 Å². The van der Waals surface area contributed by atoms with Gasteiger partial charge in [0.1, 0.15) is 11.3 Å². The summed E-state index contributed by atoms with van der Waals surface area (Å²) in [5, 5.41) is 4.51. The summed E-state index contributed by atoms with van der Waals surface area (Å²) >= 11 is 0. The first-order valence-corrected chi connectivity index (χ1v) is 9.60. The third-order valence-corrected chi connectivity index (χ3v) is 5.44. The van der Waals surface area contributed by atoms with Crippen LogP contribution in [0.4, 0.5) is 0 Å². The molecular weight excluding hydrogens is 358 g/mol. The highest BCUT2D eigenvalue weighted by atomic mass is 16.3. The minimum absolute atomic E-state index is 0.797. The van der Waals surface area contributed by atoms with Gasteiger partial charge in [-0.05, 0) is 41.3 Å². The predicted molar refractivity (Wildman–Crippen MR) is 116 cm³/mol. The minimum Gasteiger partial charge on any atom is -0.456 e. The monoisotopic (exact) mass is 375 g/mol. The van der Waals surface area contributed by atoms with Crippen LogP contribution in [0.3, 0.4) is 0 Å². The zero-order chi connectivity index (χ0) is 19.2. The zero-order valence-corrected chi connectivity index (χ0v) is 15.6. The molecule has 0 saturated heterocycles. The van der Waals surface area contributed by atoms with Crippen molar-refractivity contribution in [1.82, 2.24) is 14.5 Å². The van der Waals surface area contributed by atoms with E-state index >= 15 is 0 Å². The van der Waals surface area contributed by atoms with Gasteiger partial charge in [0.25, 0.3) is 0 Å². The molecule has 0 aliphatic rings. The van der Waals surface area contributed by atoms with Gasteiger partial charge in [-0.15, -0.1) is 0 Å². The van der Waals surface area contributed by atoms with Gasteiger partial charge in [0, 0.05) is 59.3 Å². The Hall–Kier alpha value is -3.92. The number of nitrogens with zero attached hydrogens (tertiary/aromatic N) is 3. The van der Waals surface area contributed by atoms with Gasteiger partial charge in [0.05, 0.1) is 5.52 Å². The molecule has 0 fully saturated rings. The number of hydrogen-bond acceptors (Lipinski definition) is 3. The Kier molecular flexibility index (Phi) is 3.50. The summed E-state index contributed by atoms with van der Waals surface area (Å²) in [7, 11) is 0. The van der Waals surface area contributed by atoms with Crippen molar-refractivity contribution in [2.24, 2.45) is 0 Å². The molecule has 0 spiro atoms. The molecule has 0 bridgehead atoms. The molecule has 0 unspecified atom stereocenters. The molecule has 0 radical (unpaired) electrons. The number of rotatable bonds is 3. The molecule has 4 heteroatoms. The largest absolute Gasteiger partial charge is 0.456 e. The average molecular weight is 375 g/mol. The summed E-state index contributed by atoms with van der Waals surface area (Å²) < 4.78 is 8.36. The molecule has 0 atom stereocenters. The highest BCUT2D eigenvalue weighted by molar-refractivity contribution is 5.97. The molecule has 0 saturated carbocycles. The van der Waals surface area contributed by atoms with Crippen LogP contribution in [-0.2, 0) is 6.54 Å². The fourth-order valence-corrected chi connectivity index (χ4v) is 3.99. The topological polar surface area (TPSA) is 43.9 Å². The molecule has 2 aromatic carbocycles. The first-order chi connectivity index (χ1) is 14.3. The lowest BCUT2D eigenvalue weighted by Gasteiger charge is -2.09. The second-order valence-electron chi connectivity index (χ2n) is 7.27. The van der Waals surface area contributed by atoms with Crippen LogP contribution >= 0.6 is 0 Å². The molecule has 0 aliphatic carbocycles. The van der Waals surface area contributed by atoms with Gasteiger partial charge in [-0.1, -0.05) is 30.3 Å². The lowest BCUT2D eigenvalue weighted by Crippen LogP contribution is -1.98. The van der Waals surface area contributed by atoms with Crippen LogP contribution in [0.15, 0.2) is 96.1 Å². The van der Waals surface area contributed by atoms with Gasteiger partial charge >= 0.3 is 0 Å². The van der Waals surface area contributed by atoms with Gasteiger partial charge < -0.3 is 8.98 Å². The van der Waals surface area contributed by atoms with Crippen LogP contribution in [0.5, 0.6) is 0 Å². The number of para-hydroxylation sites is 1. The maximum absolute atomic E-state index is 6.11. The number of furan rings is 1. The zero-order valence-electron chi connectivity index (χ0n) is 15.6. The Bertz CT molecular complexity index is 1460. The van der Waals surface area contributed by atoms with Crippen molar-refractivity contribution in [2.45, 2.75) is 6.54 Å². The Labute approximate surface area is 167 Å². The Morgan fingerprint density at radius 2 is 1.72 bits per heavy atom. The maximum Gasteiger partial charge on any atom is 0.137 e. The molecule has 6 rings (SSSR count). The van der Waals surface area contributed by atoms with Crippen molar-refractivity contribution in [3.8, 4) is 11.3 Å².